The van der Waals surface area contributed by atoms with Gasteiger partial charge in [-0.15, -0.1) is 0 Å². The summed E-state index contributed by atoms with van der Waals surface area (Å²) >= 11 is 0. The van der Waals surface area contributed by atoms with Crippen molar-refractivity contribution in [2.75, 3.05) is 26.8 Å². The van der Waals surface area contributed by atoms with E-state index in [1.54, 1.807) is 0 Å². The first-order chi connectivity index (χ1) is 21.0. The number of aromatic carboxylic acids is 1. The third-order valence-corrected chi connectivity index (χ3v) is 8.51. The van der Waals surface area contributed by atoms with Gasteiger partial charge in [0.1, 0.15) is 11.4 Å². The maximum atomic E-state index is 12.9. The molecule has 0 aliphatic carbocycles. The molecule has 224 valence electrons. The summed E-state index contributed by atoms with van der Waals surface area (Å²) in [7, 11) is 4.13. The van der Waals surface area contributed by atoms with Gasteiger partial charge in [0.25, 0.3) is 0 Å². The molecule has 0 spiro atoms. The highest BCUT2D eigenvalue weighted by Crippen LogP contribution is 2.39. The Morgan fingerprint density at radius 1 is 0.977 bits per heavy atom. The van der Waals surface area contributed by atoms with Crippen LogP contribution < -0.4 is 4.74 Å². The Kier molecular flexibility index (Phi) is 8.49. The number of carboxylic acid groups (broad SMARTS) is 1. The minimum absolute atomic E-state index is 0.386. The van der Waals surface area contributed by atoms with Gasteiger partial charge in [-0.05, 0) is 63.2 Å². The van der Waals surface area contributed by atoms with Crippen LogP contribution in [0.4, 0.5) is 0 Å². The van der Waals surface area contributed by atoms with Gasteiger partial charge in [-0.1, -0.05) is 54.6 Å². The summed E-state index contributed by atoms with van der Waals surface area (Å²) < 4.78 is 16.1. The van der Waals surface area contributed by atoms with E-state index in [1.165, 1.54) is 0 Å². The second-order valence-corrected chi connectivity index (χ2v) is 11.4. The summed E-state index contributed by atoms with van der Waals surface area (Å²) in [5.41, 5.74) is 6.30. The lowest BCUT2D eigenvalue weighted by Crippen LogP contribution is -2.21. The van der Waals surface area contributed by atoms with Crippen molar-refractivity contribution in [2.24, 2.45) is 7.05 Å². The van der Waals surface area contributed by atoms with Crippen molar-refractivity contribution >= 4 is 27.6 Å². The van der Waals surface area contributed by atoms with Gasteiger partial charge >= 0.3 is 5.97 Å². The quantitative estimate of drug-likeness (QED) is 0.196. The summed E-state index contributed by atoms with van der Waals surface area (Å²) in [4.78, 5) is 15.3. The van der Waals surface area contributed by atoms with E-state index in [0.29, 0.717) is 44.9 Å². The van der Waals surface area contributed by atoms with E-state index in [9.17, 15) is 9.90 Å². The third kappa shape index (κ3) is 5.65. The molecule has 5 aromatic rings. The molecule has 0 amide bonds. The Morgan fingerprint density at radius 3 is 2.58 bits per heavy atom. The second kappa shape index (κ2) is 12.6. The number of aryl methyl sites for hydroxylation is 3. The molecule has 1 N–H and O–H groups in total. The number of carbonyl (C=O) groups is 1. The summed E-state index contributed by atoms with van der Waals surface area (Å²) in [6.07, 6.45) is 3.18. The molecule has 0 saturated carbocycles. The van der Waals surface area contributed by atoms with Crippen molar-refractivity contribution in [1.29, 1.82) is 0 Å². The van der Waals surface area contributed by atoms with Crippen LogP contribution in [-0.2, 0) is 37.9 Å². The Balaban J connectivity index is 1.42. The third-order valence-electron chi connectivity index (χ3n) is 8.51. The van der Waals surface area contributed by atoms with Crippen LogP contribution in [0.3, 0.4) is 0 Å². The summed E-state index contributed by atoms with van der Waals surface area (Å²) in [5, 5.41) is 18.7. The molecule has 0 fully saturated rings. The number of hydrogen-bond donors (Lipinski definition) is 1. The number of para-hydroxylation sites is 1. The highest BCUT2D eigenvalue weighted by Gasteiger charge is 2.28. The van der Waals surface area contributed by atoms with Crippen LogP contribution in [0.25, 0.3) is 32.8 Å². The maximum absolute atomic E-state index is 12.9. The van der Waals surface area contributed by atoms with E-state index in [-0.39, 0.29) is 0 Å². The van der Waals surface area contributed by atoms with Crippen LogP contribution in [0, 0.1) is 0 Å². The van der Waals surface area contributed by atoms with Gasteiger partial charge in [0.05, 0.1) is 30.1 Å². The molecule has 8 heteroatoms. The average Bonchev–Trinajstić information content (AvgIpc) is 3.48. The van der Waals surface area contributed by atoms with E-state index in [0.717, 1.165) is 81.4 Å². The van der Waals surface area contributed by atoms with E-state index < -0.39 is 5.97 Å². The molecule has 6 rings (SSSR count). The van der Waals surface area contributed by atoms with Gasteiger partial charge in [-0.2, -0.15) is 5.10 Å². The average molecular weight is 581 g/mol. The van der Waals surface area contributed by atoms with Crippen LogP contribution >= 0.6 is 0 Å². The molecule has 8 nitrogen and oxygen atoms in total. The zero-order chi connectivity index (χ0) is 29.9. The number of fused-ring (bicyclic) bond motifs is 3. The van der Waals surface area contributed by atoms with Crippen LogP contribution in [0.1, 0.15) is 53.6 Å². The molecular formula is C35H40N4O4. The van der Waals surface area contributed by atoms with Crippen molar-refractivity contribution in [1.82, 2.24) is 19.2 Å². The zero-order valence-electron chi connectivity index (χ0n) is 25.3. The Hall–Kier alpha value is -4.14. The Labute approximate surface area is 252 Å². The molecule has 0 unspecified atom stereocenters. The highest BCUT2D eigenvalue weighted by molar-refractivity contribution is 6.04. The largest absolute Gasteiger partial charge is 0.493 e. The van der Waals surface area contributed by atoms with Crippen molar-refractivity contribution in [2.45, 2.75) is 52.3 Å². The molecule has 3 heterocycles. The predicted octanol–water partition coefficient (Wildman–Crippen LogP) is 6.67. The minimum Gasteiger partial charge on any atom is -0.493 e. The topological polar surface area (TPSA) is 81.7 Å². The molecular weight excluding hydrogens is 540 g/mol. The van der Waals surface area contributed by atoms with E-state index >= 15 is 0 Å². The number of aromatic nitrogens is 3. The monoisotopic (exact) mass is 580 g/mol. The summed E-state index contributed by atoms with van der Waals surface area (Å²) in [5.74, 6) is -0.0355. The van der Waals surface area contributed by atoms with Gasteiger partial charge in [0.2, 0.25) is 0 Å². The van der Waals surface area contributed by atoms with E-state index in [2.05, 4.69) is 46.8 Å². The number of nitrogens with zero attached hydrogens (tertiary/aromatic N) is 4. The van der Waals surface area contributed by atoms with Crippen molar-refractivity contribution < 1.29 is 19.4 Å². The van der Waals surface area contributed by atoms with E-state index in [4.69, 9.17) is 14.6 Å². The minimum atomic E-state index is -0.889. The number of benzene rings is 3. The molecule has 0 atom stereocenters. The first-order valence-electron chi connectivity index (χ1n) is 15.3. The van der Waals surface area contributed by atoms with Gasteiger partial charge in [-0.25, -0.2) is 4.79 Å². The molecule has 0 saturated heterocycles. The zero-order valence-corrected chi connectivity index (χ0v) is 25.3. The normalized spacial score (nSPS) is 14.1. The van der Waals surface area contributed by atoms with Crippen molar-refractivity contribution in [3.63, 3.8) is 0 Å². The first kappa shape index (κ1) is 29.0. The highest BCUT2D eigenvalue weighted by atomic mass is 16.5. The summed E-state index contributed by atoms with van der Waals surface area (Å²) in [6.45, 7) is 5.81. The van der Waals surface area contributed by atoms with Gasteiger partial charge in [0, 0.05) is 48.6 Å². The maximum Gasteiger partial charge on any atom is 0.352 e. The Morgan fingerprint density at radius 2 is 1.74 bits per heavy atom. The first-order valence-corrected chi connectivity index (χ1v) is 15.3. The van der Waals surface area contributed by atoms with Crippen LogP contribution in [0.2, 0.25) is 0 Å². The fraction of sp³-hybridized carbons (Fsp3) is 0.371. The molecule has 0 bridgehead atoms. The van der Waals surface area contributed by atoms with Crippen LogP contribution in [-0.4, -0.2) is 57.1 Å². The number of rotatable bonds is 9. The molecule has 2 aromatic heterocycles. The predicted molar refractivity (Wildman–Crippen MR) is 170 cm³/mol. The standard InChI is InChI=1S/C35H40N4O4/c1-4-42-23-29-32-28-16-10-15-26-27(17-11-21-43-31-18-9-13-24-12-5-6-14-25(24)31)34(35(40)41)39(33(26)28)20-8-7-19-37(2)22-30(32)38(3)36-29/h5-6,9-10,12-16,18H,4,7-8,11,17,19-23H2,1-3H3,(H,40,41). The fourth-order valence-corrected chi connectivity index (χ4v) is 6.55. The van der Waals surface area contributed by atoms with Crippen molar-refractivity contribution in [3.05, 3.63) is 83.3 Å². The number of hydrogen-bond acceptors (Lipinski definition) is 5. The van der Waals surface area contributed by atoms with Crippen molar-refractivity contribution in [3.8, 4) is 16.9 Å². The smallest absolute Gasteiger partial charge is 0.352 e. The number of ether oxygens (including phenoxy) is 2. The molecule has 43 heavy (non-hydrogen) atoms. The van der Waals surface area contributed by atoms with Crippen LogP contribution in [0.5, 0.6) is 5.75 Å². The van der Waals surface area contributed by atoms with Gasteiger partial charge in [-0.3, -0.25) is 4.68 Å². The lowest BCUT2D eigenvalue weighted by atomic mass is 9.97. The second-order valence-electron chi connectivity index (χ2n) is 11.4. The number of carboxylic acids is 1. The van der Waals surface area contributed by atoms with E-state index in [1.807, 2.05) is 49.0 Å². The molecule has 1 aliphatic heterocycles. The fourth-order valence-electron chi connectivity index (χ4n) is 6.55. The van der Waals surface area contributed by atoms with Gasteiger partial charge < -0.3 is 24.0 Å². The van der Waals surface area contributed by atoms with Crippen LogP contribution in [0.15, 0.2) is 60.7 Å². The summed E-state index contributed by atoms with van der Waals surface area (Å²) in [6, 6.07) is 20.5. The Bertz CT molecular complexity index is 1760. The lowest BCUT2D eigenvalue weighted by Gasteiger charge is -2.17. The molecule has 3 aromatic carbocycles. The lowest BCUT2D eigenvalue weighted by molar-refractivity contribution is 0.0684. The SMILES string of the molecule is CCOCc1nn(C)c2c1-c1cccc3c(CCCOc4cccc5ccccc45)c(C(=O)O)n(c13)CCCCN(C)C2. The molecule has 1 aliphatic rings. The van der Waals surface area contributed by atoms with Gasteiger partial charge in [0.15, 0.2) is 0 Å². The molecule has 0 radical (unpaired) electrons.